The fraction of sp³-hybridized carbons (Fsp3) is 0.550. The molecule has 1 aromatic rings. The molecule has 150 valence electrons. The lowest BCUT2D eigenvalue weighted by molar-refractivity contribution is -0.157. The summed E-state index contributed by atoms with van der Waals surface area (Å²) in [4.78, 5) is 38.7. The molecule has 0 bridgehead atoms. The number of carboxylic acid groups (broad SMARTS) is 1. The molecule has 0 aromatic heterocycles. The maximum absolute atomic E-state index is 13.0. The smallest absolute Gasteiger partial charge is 0.311 e. The number of nitrogens with one attached hydrogen (secondary N) is 1. The highest BCUT2D eigenvalue weighted by Crippen LogP contribution is 2.42. The van der Waals surface area contributed by atoms with Gasteiger partial charge in [0.15, 0.2) is 0 Å². The minimum Gasteiger partial charge on any atom is -0.481 e. The monoisotopic (exact) mass is 388 g/mol. The lowest BCUT2D eigenvalue weighted by Crippen LogP contribution is -2.45. The number of carbonyl (C=O) groups excluding carboxylic acids is 2. The van der Waals surface area contributed by atoms with Crippen molar-refractivity contribution in [3.05, 3.63) is 29.8 Å². The van der Waals surface area contributed by atoms with E-state index in [-0.39, 0.29) is 24.3 Å². The van der Waals surface area contributed by atoms with Crippen molar-refractivity contribution >= 4 is 23.5 Å². The Bertz CT molecular complexity index is 791. The highest BCUT2D eigenvalue weighted by molar-refractivity contribution is 5.98. The number of hydrogen-bond donors (Lipinski definition) is 2. The molecular weight excluding hydrogens is 364 g/mol. The molecule has 8 heteroatoms. The van der Waals surface area contributed by atoms with Crippen LogP contribution in [-0.4, -0.2) is 66.8 Å². The van der Waals surface area contributed by atoms with Gasteiger partial charge in [-0.05, 0) is 37.5 Å². The van der Waals surface area contributed by atoms with E-state index in [1.165, 1.54) is 0 Å². The first-order valence-corrected chi connectivity index (χ1v) is 9.62. The average Bonchev–Trinajstić information content (AvgIpc) is 3.36. The third kappa shape index (κ3) is 3.38. The lowest BCUT2D eigenvalue weighted by atomic mass is 9.74. The zero-order valence-corrected chi connectivity index (χ0v) is 15.6. The van der Waals surface area contributed by atoms with Crippen LogP contribution in [0.3, 0.4) is 0 Å². The maximum atomic E-state index is 13.0. The summed E-state index contributed by atoms with van der Waals surface area (Å²) >= 11 is 0. The fourth-order valence-electron chi connectivity index (χ4n) is 4.37. The highest BCUT2D eigenvalue weighted by atomic mass is 16.5. The molecule has 8 nitrogen and oxygen atoms in total. The van der Waals surface area contributed by atoms with E-state index in [1.807, 2.05) is 0 Å². The van der Waals surface area contributed by atoms with Crippen molar-refractivity contribution in [2.24, 2.45) is 11.3 Å². The number of ether oxygens (including phenoxy) is 2. The van der Waals surface area contributed by atoms with E-state index in [0.29, 0.717) is 50.5 Å². The molecule has 4 rings (SSSR count). The second-order valence-corrected chi connectivity index (χ2v) is 7.74. The second kappa shape index (κ2) is 7.52. The van der Waals surface area contributed by atoms with E-state index in [4.69, 9.17) is 9.47 Å². The van der Waals surface area contributed by atoms with Gasteiger partial charge in [0.2, 0.25) is 0 Å². The van der Waals surface area contributed by atoms with Crippen molar-refractivity contribution in [3.8, 4) is 0 Å². The molecule has 3 fully saturated rings. The number of nitrogens with zero attached hydrogens (tertiary/aromatic N) is 1. The number of benzene rings is 1. The van der Waals surface area contributed by atoms with Crippen LogP contribution in [0.25, 0.3) is 0 Å². The Balaban J connectivity index is 1.48. The first-order chi connectivity index (χ1) is 13.5. The van der Waals surface area contributed by atoms with Crippen LogP contribution in [-0.2, 0) is 19.1 Å². The third-order valence-electron chi connectivity index (χ3n) is 6.02. The predicted octanol–water partition coefficient (Wildman–Crippen LogP) is 1.37. The van der Waals surface area contributed by atoms with Crippen LogP contribution >= 0.6 is 0 Å². The van der Waals surface area contributed by atoms with Crippen LogP contribution in [0, 0.1) is 11.3 Å². The van der Waals surface area contributed by atoms with E-state index < -0.39 is 17.5 Å². The first kappa shape index (κ1) is 18.9. The number of likely N-dealkylation sites (tertiary alicyclic amines) is 1. The summed E-state index contributed by atoms with van der Waals surface area (Å²) in [6.07, 6.45) is 1.52. The zero-order chi connectivity index (χ0) is 19.7. The Morgan fingerprint density at radius 3 is 2.82 bits per heavy atom. The molecule has 0 saturated carbocycles. The van der Waals surface area contributed by atoms with Gasteiger partial charge >= 0.3 is 5.97 Å². The summed E-state index contributed by atoms with van der Waals surface area (Å²) in [5.74, 6) is -1.52. The fourth-order valence-corrected chi connectivity index (χ4v) is 4.37. The molecular formula is C20H24N2O6. The SMILES string of the molecule is O=C(Nc1cccc(C(=O)N2C[C@H]3COCC[C@@]3(C(=O)O)C2)c1)C1CCCO1. The van der Waals surface area contributed by atoms with E-state index in [2.05, 4.69) is 5.32 Å². The lowest BCUT2D eigenvalue weighted by Gasteiger charge is -2.33. The Kier molecular flexibility index (Phi) is 5.07. The molecule has 2 amide bonds. The minimum absolute atomic E-state index is 0.182. The van der Waals surface area contributed by atoms with E-state index in [0.717, 1.165) is 6.42 Å². The van der Waals surface area contributed by atoms with Crippen molar-refractivity contribution in [3.63, 3.8) is 0 Å². The molecule has 3 heterocycles. The number of carbonyl (C=O) groups is 3. The molecule has 3 atom stereocenters. The standard InChI is InChI=1S/C20H24N2O6/c23-17(16-5-2-7-28-16)21-15-4-1-3-13(9-15)18(24)22-10-14-11-27-8-6-20(14,12-22)19(25)26/h1,3-4,9,14,16H,2,5-8,10-12H2,(H,21,23)(H,25,26)/t14-,16?,20+/m0/s1. The summed E-state index contributed by atoms with van der Waals surface area (Å²) in [6.45, 7) is 1.88. The Morgan fingerprint density at radius 1 is 1.25 bits per heavy atom. The van der Waals surface area contributed by atoms with Gasteiger partial charge in [0.05, 0.1) is 12.0 Å². The Morgan fingerprint density at radius 2 is 2.11 bits per heavy atom. The van der Waals surface area contributed by atoms with E-state index in [9.17, 15) is 19.5 Å². The second-order valence-electron chi connectivity index (χ2n) is 7.74. The summed E-state index contributed by atoms with van der Waals surface area (Å²) in [6, 6.07) is 6.73. The van der Waals surface area contributed by atoms with Crippen LogP contribution < -0.4 is 5.32 Å². The minimum atomic E-state index is -0.931. The number of aliphatic carboxylic acids is 1. The molecule has 1 aromatic carbocycles. The van der Waals surface area contributed by atoms with Crippen LogP contribution in [0.1, 0.15) is 29.6 Å². The van der Waals surface area contributed by atoms with Crippen LogP contribution in [0.4, 0.5) is 5.69 Å². The summed E-state index contributed by atoms with van der Waals surface area (Å²) < 4.78 is 10.8. The van der Waals surface area contributed by atoms with Crippen molar-refractivity contribution in [2.45, 2.75) is 25.4 Å². The van der Waals surface area contributed by atoms with Gasteiger partial charge in [-0.3, -0.25) is 14.4 Å². The molecule has 2 N–H and O–H groups in total. The highest BCUT2D eigenvalue weighted by Gasteiger charge is 2.54. The maximum Gasteiger partial charge on any atom is 0.311 e. The number of amides is 2. The van der Waals surface area contributed by atoms with Gasteiger partial charge in [-0.25, -0.2) is 0 Å². The number of rotatable bonds is 4. The molecule has 1 unspecified atom stereocenters. The van der Waals surface area contributed by atoms with Crippen molar-refractivity contribution < 1.29 is 29.0 Å². The summed E-state index contributed by atoms with van der Waals surface area (Å²) in [5.41, 5.74) is 0.0176. The van der Waals surface area contributed by atoms with Crippen LogP contribution in [0.5, 0.6) is 0 Å². The van der Waals surface area contributed by atoms with Crippen molar-refractivity contribution in [1.29, 1.82) is 0 Å². The number of fused-ring (bicyclic) bond motifs is 1. The molecule has 3 aliphatic rings. The quantitative estimate of drug-likeness (QED) is 0.807. The molecule has 0 spiro atoms. The molecule has 0 aliphatic carbocycles. The van der Waals surface area contributed by atoms with E-state index in [1.54, 1.807) is 29.2 Å². The average molecular weight is 388 g/mol. The third-order valence-corrected chi connectivity index (χ3v) is 6.02. The number of hydrogen-bond acceptors (Lipinski definition) is 5. The Labute approximate surface area is 162 Å². The normalized spacial score (nSPS) is 29.4. The van der Waals surface area contributed by atoms with Gasteiger partial charge in [-0.15, -0.1) is 0 Å². The van der Waals surface area contributed by atoms with Gasteiger partial charge < -0.3 is 24.8 Å². The Hall–Kier alpha value is -2.45. The van der Waals surface area contributed by atoms with Gasteiger partial charge in [0.25, 0.3) is 11.8 Å². The van der Waals surface area contributed by atoms with Gasteiger partial charge in [0.1, 0.15) is 6.10 Å². The first-order valence-electron chi connectivity index (χ1n) is 9.62. The summed E-state index contributed by atoms with van der Waals surface area (Å²) in [5, 5.41) is 12.6. The molecule has 28 heavy (non-hydrogen) atoms. The van der Waals surface area contributed by atoms with Gasteiger partial charge in [0, 0.05) is 43.5 Å². The largest absolute Gasteiger partial charge is 0.481 e. The molecule has 3 aliphatic heterocycles. The summed E-state index contributed by atoms with van der Waals surface area (Å²) in [7, 11) is 0. The predicted molar refractivity (Wildman–Crippen MR) is 98.9 cm³/mol. The van der Waals surface area contributed by atoms with E-state index >= 15 is 0 Å². The van der Waals surface area contributed by atoms with Crippen LogP contribution in [0.15, 0.2) is 24.3 Å². The zero-order valence-electron chi connectivity index (χ0n) is 15.6. The molecule has 3 saturated heterocycles. The molecule has 0 radical (unpaired) electrons. The van der Waals surface area contributed by atoms with Gasteiger partial charge in [-0.2, -0.15) is 0 Å². The van der Waals surface area contributed by atoms with Crippen molar-refractivity contribution in [2.75, 3.05) is 38.2 Å². The van der Waals surface area contributed by atoms with Crippen LogP contribution in [0.2, 0.25) is 0 Å². The van der Waals surface area contributed by atoms with Crippen molar-refractivity contribution in [1.82, 2.24) is 4.90 Å². The van der Waals surface area contributed by atoms with Gasteiger partial charge in [-0.1, -0.05) is 6.07 Å². The topological polar surface area (TPSA) is 105 Å². The number of anilines is 1. The number of carboxylic acids is 1.